The van der Waals surface area contributed by atoms with E-state index in [2.05, 4.69) is 17.0 Å². The number of rotatable bonds is 4. The average Bonchev–Trinajstić information content (AvgIpc) is 2.26. The molecule has 0 saturated carbocycles. The topological polar surface area (TPSA) is 24.8 Å². The van der Waals surface area contributed by atoms with Gasteiger partial charge in [-0.05, 0) is 32.4 Å². The van der Waals surface area contributed by atoms with Crippen molar-refractivity contribution in [3.8, 4) is 0 Å². The highest BCUT2D eigenvalue weighted by molar-refractivity contribution is 5.89. The van der Waals surface area contributed by atoms with Crippen LogP contribution in [-0.4, -0.2) is 36.9 Å². The van der Waals surface area contributed by atoms with Gasteiger partial charge in [0.05, 0.1) is 5.71 Å². The summed E-state index contributed by atoms with van der Waals surface area (Å²) in [7, 11) is 0. The van der Waals surface area contributed by atoms with E-state index in [-0.39, 0.29) is 0 Å². The minimum absolute atomic E-state index is 0.724. The zero-order chi connectivity index (χ0) is 9.80. The molecule has 3 fully saturated rings. The molecule has 3 rings (SSSR count). The molecule has 3 heteroatoms. The van der Waals surface area contributed by atoms with Crippen molar-refractivity contribution in [2.75, 3.05) is 26.2 Å². The minimum atomic E-state index is 0.724. The molecule has 3 saturated heterocycles. The molecule has 0 amide bonds. The maximum atomic E-state index is 5.33. The highest BCUT2D eigenvalue weighted by atomic mass is 16.6. The zero-order valence-corrected chi connectivity index (χ0v) is 9.04. The van der Waals surface area contributed by atoms with Crippen LogP contribution in [0.4, 0.5) is 0 Å². The SMILES string of the molecule is CCCCO/N=C1/CN2CCC1CC2. The highest BCUT2D eigenvalue weighted by Gasteiger charge is 2.31. The summed E-state index contributed by atoms with van der Waals surface area (Å²) in [6.45, 7) is 6.53. The monoisotopic (exact) mass is 196 g/mol. The van der Waals surface area contributed by atoms with E-state index in [4.69, 9.17) is 4.84 Å². The third kappa shape index (κ3) is 2.27. The zero-order valence-electron chi connectivity index (χ0n) is 9.04. The van der Waals surface area contributed by atoms with Gasteiger partial charge in [-0.3, -0.25) is 4.90 Å². The fraction of sp³-hybridized carbons (Fsp3) is 0.909. The van der Waals surface area contributed by atoms with Gasteiger partial charge in [0.1, 0.15) is 6.61 Å². The molecule has 80 valence electrons. The molecule has 0 aliphatic carbocycles. The van der Waals surface area contributed by atoms with Gasteiger partial charge in [-0.2, -0.15) is 0 Å². The van der Waals surface area contributed by atoms with Gasteiger partial charge in [0, 0.05) is 12.5 Å². The Morgan fingerprint density at radius 2 is 2.21 bits per heavy atom. The van der Waals surface area contributed by atoms with E-state index in [1.807, 2.05) is 0 Å². The molecule has 0 unspecified atom stereocenters. The van der Waals surface area contributed by atoms with Crippen molar-refractivity contribution < 1.29 is 4.84 Å². The Kier molecular flexibility index (Phi) is 3.40. The van der Waals surface area contributed by atoms with Crippen molar-refractivity contribution >= 4 is 5.71 Å². The van der Waals surface area contributed by atoms with Crippen LogP contribution in [0.25, 0.3) is 0 Å². The third-order valence-electron chi connectivity index (χ3n) is 3.22. The summed E-state index contributed by atoms with van der Waals surface area (Å²) in [5.41, 5.74) is 1.29. The Balaban J connectivity index is 1.79. The molecule has 3 aliphatic rings. The Hall–Kier alpha value is -0.570. The molecule has 0 radical (unpaired) electrons. The number of hydrogen-bond donors (Lipinski definition) is 0. The molecule has 14 heavy (non-hydrogen) atoms. The van der Waals surface area contributed by atoms with Gasteiger partial charge in [-0.25, -0.2) is 0 Å². The van der Waals surface area contributed by atoms with E-state index < -0.39 is 0 Å². The second-order valence-electron chi connectivity index (χ2n) is 4.32. The molecule has 0 N–H and O–H groups in total. The number of hydrogen-bond acceptors (Lipinski definition) is 3. The molecule has 3 heterocycles. The molecule has 0 aromatic heterocycles. The van der Waals surface area contributed by atoms with Gasteiger partial charge in [0.2, 0.25) is 0 Å². The van der Waals surface area contributed by atoms with Crippen LogP contribution in [0, 0.1) is 5.92 Å². The molecule has 0 aromatic carbocycles. The Labute approximate surface area is 86.1 Å². The fourth-order valence-electron chi connectivity index (χ4n) is 2.22. The first-order chi connectivity index (χ1) is 6.90. The van der Waals surface area contributed by atoms with Crippen LogP contribution in [0.5, 0.6) is 0 Å². The quantitative estimate of drug-likeness (QED) is 0.506. The smallest absolute Gasteiger partial charge is 0.117 e. The van der Waals surface area contributed by atoms with E-state index in [1.54, 1.807) is 0 Å². The first kappa shape index (κ1) is 9.97. The molecular weight excluding hydrogens is 176 g/mol. The highest BCUT2D eigenvalue weighted by Crippen LogP contribution is 2.25. The lowest BCUT2D eigenvalue weighted by molar-refractivity contribution is 0.127. The summed E-state index contributed by atoms with van der Waals surface area (Å²) in [5.74, 6) is 0.724. The largest absolute Gasteiger partial charge is 0.396 e. The summed E-state index contributed by atoms with van der Waals surface area (Å²) >= 11 is 0. The number of unbranched alkanes of at least 4 members (excludes halogenated alkanes) is 1. The van der Waals surface area contributed by atoms with Gasteiger partial charge in [-0.15, -0.1) is 0 Å². The standard InChI is InChI=1S/C11H20N2O/c1-2-3-8-14-12-11-9-13-6-4-10(11)5-7-13/h10H,2-9H2,1H3/b12-11-. The summed E-state index contributed by atoms with van der Waals surface area (Å²) < 4.78 is 0. The summed E-state index contributed by atoms with van der Waals surface area (Å²) in [5, 5.41) is 4.28. The van der Waals surface area contributed by atoms with E-state index in [0.717, 1.165) is 25.5 Å². The number of piperidine rings is 3. The van der Waals surface area contributed by atoms with E-state index in [0.29, 0.717) is 0 Å². The molecule has 3 nitrogen and oxygen atoms in total. The first-order valence-electron chi connectivity index (χ1n) is 5.81. The maximum absolute atomic E-state index is 5.33. The third-order valence-corrected chi connectivity index (χ3v) is 3.22. The summed E-state index contributed by atoms with van der Waals surface area (Å²) in [6, 6.07) is 0. The Morgan fingerprint density at radius 1 is 1.43 bits per heavy atom. The fourth-order valence-corrected chi connectivity index (χ4v) is 2.22. The second kappa shape index (κ2) is 4.78. The van der Waals surface area contributed by atoms with Crippen molar-refractivity contribution in [3.05, 3.63) is 0 Å². The molecule has 0 atom stereocenters. The molecule has 0 spiro atoms. The van der Waals surface area contributed by atoms with Gasteiger partial charge in [-0.1, -0.05) is 18.5 Å². The summed E-state index contributed by atoms with van der Waals surface area (Å²) in [4.78, 5) is 7.80. The molecular formula is C11H20N2O. The predicted octanol–water partition coefficient (Wildman–Crippen LogP) is 1.88. The average molecular weight is 196 g/mol. The van der Waals surface area contributed by atoms with Gasteiger partial charge in [0.15, 0.2) is 0 Å². The molecule has 3 aliphatic heterocycles. The lowest BCUT2D eigenvalue weighted by atomic mass is 9.87. The second-order valence-corrected chi connectivity index (χ2v) is 4.32. The maximum Gasteiger partial charge on any atom is 0.117 e. The van der Waals surface area contributed by atoms with Crippen LogP contribution in [0.15, 0.2) is 5.16 Å². The number of nitrogens with zero attached hydrogens (tertiary/aromatic N) is 2. The molecule has 0 aromatic rings. The van der Waals surface area contributed by atoms with Gasteiger partial charge in [0.25, 0.3) is 0 Å². The minimum Gasteiger partial charge on any atom is -0.396 e. The van der Waals surface area contributed by atoms with Crippen molar-refractivity contribution in [1.82, 2.24) is 4.90 Å². The first-order valence-corrected chi connectivity index (χ1v) is 5.81. The van der Waals surface area contributed by atoms with Gasteiger partial charge >= 0.3 is 0 Å². The van der Waals surface area contributed by atoms with Crippen molar-refractivity contribution in [2.45, 2.75) is 32.6 Å². The normalized spacial score (nSPS) is 33.6. The van der Waals surface area contributed by atoms with E-state index >= 15 is 0 Å². The Morgan fingerprint density at radius 3 is 2.79 bits per heavy atom. The van der Waals surface area contributed by atoms with Crippen molar-refractivity contribution in [1.29, 1.82) is 0 Å². The van der Waals surface area contributed by atoms with Crippen LogP contribution < -0.4 is 0 Å². The van der Waals surface area contributed by atoms with Crippen molar-refractivity contribution in [3.63, 3.8) is 0 Å². The molecule has 2 bridgehead atoms. The number of oxime groups is 1. The van der Waals surface area contributed by atoms with Crippen LogP contribution in [0.3, 0.4) is 0 Å². The van der Waals surface area contributed by atoms with Gasteiger partial charge < -0.3 is 4.84 Å². The van der Waals surface area contributed by atoms with Crippen LogP contribution in [-0.2, 0) is 4.84 Å². The Bertz CT molecular complexity index is 207. The lowest BCUT2D eigenvalue weighted by Crippen LogP contribution is -2.47. The summed E-state index contributed by atoms with van der Waals surface area (Å²) in [6.07, 6.45) is 4.87. The van der Waals surface area contributed by atoms with Crippen LogP contribution in [0.2, 0.25) is 0 Å². The lowest BCUT2D eigenvalue weighted by Gasteiger charge is -2.39. The van der Waals surface area contributed by atoms with Crippen LogP contribution >= 0.6 is 0 Å². The predicted molar refractivity (Wildman–Crippen MR) is 57.5 cm³/mol. The number of fused-ring (bicyclic) bond motifs is 3. The van der Waals surface area contributed by atoms with E-state index in [9.17, 15) is 0 Å². The van der Waals surface area contributed by atoms with Crippen molar-refractivity contribution in [2.24, 2.45) is 11.1 Å². The van der Waals surface area contributed by atoms with E-state index in [1.165, 1.54) is 38.1 Å². The van der Waals surface area contributed by atoms with Crippen LogP contribution in [0.1, 0.15) is 32.6 Å².